The Morgan fingerprint density at radius 1 is 1.20 bits per heavy atom. The molecule has 1 fully saturated rings. The van der Waals surface area contributed by atoms with Gasteiger partial charge in [0.25, 0.3) is 0 Å². The molecular formula is C22H26BrN5O2. The van der Waals surface area contributed by atoms with Crippen molar-refractivity contribution in [3.63, 3.8) is 0 Å². The van der Waals surface area contributed by atoms with Crippen LogP contribution in [0.4, 0.5) is 16.3 Å². The van der Waals surface area contributed by atoms with Crippen LogP contribution in [0.15, 0.2) is 48.8 Å². The number of fused-ring (bicyclic) bond motifs is 1. The highest BCUT2D eigenvalue weighted by atomic mass is 79.9. The fourth-order valence-corrected chi connectivity index (χ4v) is 4.04. The number of ether oxygens (including phenoxy) is 1. The second-order valence-corrected chi connectivity index (χ2v) is 8.05. The van der Waals surface area contributed by atoms with Crippen LogP contribution in [-0.4, -0.2) is 58.2 Å². The summed E-state index contributed by atoms with van der Waals surface area (Å²) in [4.78, 5) is 21.9. The number of carbonyl (C=O) groups is 1. The molecule has 0 atom stereocenters. The molecule has 30 heavy (non-hydrogen) atoms. The van der Waals surface area contributed by atoms with Gasteiger partial charge < -0.3 is 19.9 Å². The quantitative estimate of drug-likeness (QED) is 0.559. The average molecular weight is 472 g/mol. The Kier molecular flexibility index (Phi) is 6.13. The van der Waals surface area contributed by atoms with Gasteiger partial charge in [-0.25, -0.2) is 9.78 Å². The second-order valence-electron chi connectivity index (χ2n) is 7.59. The number of hydrogen-bond donors (Lipinski definition) is 1. The Morgan fingerprint density at radius 3 is 2.73 bits per heavy atom. The molecule has 3 heterocycles. The average Bonchev–Trinajstić information content (AvgIpc) is 3.17. The number of nitrogens with one attached hydrogen (secondary N) is 1. The first-order chi connectivity index (χ1) is 14.6. The molecule has 1 amide bonds. The van der Waals surface area contributed by atoms with Gasteiger partial charge in [-0.2, -0.15) is 0 Å². The number of pyridine rings is 1. The molecule has 1 aliphatic heterocycles. The second kappa shape index (κ2) is 8.95. The summed E-state index contributed by atoms with van der Waals surface area (Å²) in [5.41, 5.74) is 2.36. The van der Waals surface area contributed by atoms with Gasteiger partial charge >= 0.3 is 6.03 Å². The molecule has 158 valence electrons. The molecule has 0 unspecified atom stereocenters. The lowest BCUT2D eigenvalue weighted by Crippen LogP contribution is -2.50. The lowest BCUT2D eigenvalue weighted by molar-refractivity contribution is 0.197. The zero-order chi connectivity index (χ0) is 21.1. The summed E-state index contributed by atoms with van der Waals surface area (Å²) < 4.78 is 7.20. The molecule has 2 aromatic heterocycles. The van der Waals surface area contributed by atoms with E-state index < -0.39 is 0 Å². The van der Waals surface area contributed by atoms with Gasteiger partial charge in [-0.3, -0.25) is 4.57 Å². The van der Waals surface area contributed by atoms with Crippen molar-refractivity contribution in [1.82, 2.24) is 14.5 Å². The summed E-state index contributed by atoms with van der Waals surface area (Å²) in [5.74, 6) is 1.73. The number of benzene rings is 1. The van der Waals surface area contributed by atoms with Crippen molar-refractivity contribution in [3.05, 3.63) is 48.8 Å². The maximum atomic E-state index is 13.1. The smallest absolute Gasteiger partial charge is 0.328 e. The molecule has 0 bridgehead atoms. The van der Waals surface area contributed by atoms with Gasteiger partial charge in [0, 0.05) is 50.0 Å². The first-order valence-electron chi connectivity index (χ1n) is 10.1. The molecule has 0 saturated carbocycles. The van der Waals surface area contributed by atoms with E-state index in [0.29, 0.717) is 24.6 Å². The van der Waals surface area contributed by atoms with E-state index in [4.69, 9.17) is 4.74 Å². The van der Waals surface area contributed by atoms with E-state index in [-0.39, 0.29) is 6.03 Å². The van der Waals surface area contributed by atoms with Crippen LogP contribution in [-0.2, 0) is 0 Å². The molecule has 3 aromatic rings. The van der Waals surface area contributed by atoms with E-state index in [2.05, 4.69) is 51.0 Å². The lowest BCUT2D eigenvalue weighted by Gasteiger charge is -2.36. The number of halogens is 1. The fraction of sp³-hybridized carbons (Fsp3) is 0.364. The Bertz CT molecular complexity index is 1030. The number of hydrogen-bond acceptors (Lipinski definition) is 5. The zero-order valence-electron chi connectivity index (χ0n) is 17.2. The Hall–Kier alpha value is -2.74. The molecular weight excluding hydrogens is 446 g/mol. The first-order valence-corrected chi connectivity index (χ1v) is 11.2. The summed E-state index contributed by atoms with van der Waals surface area (Å²) in [5, 5.41) is 4.44. The molecule has 8 heteroatoms. The molecule has 1 saturated heterocycles. The Balaban J connectivity index is 1.46. The van der Waals surface area contributed by atoms with E-state index in [0.717, 1.165) is 41.2 Å². The molecule has 0 spiro atoms. The van der Waals surface area contributed by atoms with Crippen molar-refractivity contribution < 1.29 is 9.53 Å². The molecule has 4 rings (SSSR count). The van der Waals surface area contributed by atoms with Gasteiger partial charge in [0.15, 0.2) is 5.82 Å². The minimum absolute atomic E-state index is 0.000333. The third-order valence-electron chi connectivity index (χ3n) is 5.17. The van der Waals surface area contributed by atoms with E-state index in [1.54, 1.807) is 4.57 Å². The highest BCUT2D eigenvalue weighted by Crippen LogP contribution is 2.26. The number of amides is 1. The zero-order valence-corrected chi connectivity index (χ0v) is 18.8. The molecule has 1 aromatic carbocycles. The van der Waals surface area contributed by atoms with Crippen molar-refractivity contribution in [2.75, 3.05) is 41.9 Å². The topological polar surface area (TPSA) is 62.6 Å². The number of aromatic nitrogens is 2. The van der Waals surface area contributed by atoms with Crippen molar-refractivity contribution in [2.24, 2.45) is 0 Å². The van der Waals surface area contributed by atoms with Gasteiger partial charge in [-0.15, -0.1) is 0 Å². The predicted molar refractivity (Wildman–Crippen MR) is 124 cm³/mol. The Labute approximate surface area is 184 Å². The predicted octanol–water partition coefficient (Wildman–Crippen LogP) is 4.38. The van der Waals surface area contributed by atoms with Crippen LogP contribution in [0.2, 0.25) is 0 Å². The SMILES string of the molecule is CC(C)Nc1cccnc1N1CCN(C(=O)n2ccc3cc(OCBr)ccc32)CC1. The van der Waals surface area contributed by atoms with Crippen LogP contribution < -0.4 is 15.0 Å². The highest BCUT2D eigenvalue weighted by Gasteiger charge is 2.25. The summed E-state index contributed by atoms with van der Waals surface area (Å²) in [6.45, 7) is 7.03. The molecule has 7 nitrogen and oxygen atoms in total. The normalized spacial score (nSPS) is 14.4. The van der Waals surface area contributed by atoms with Crippen LogP contribution in [0.3, 0.4) is 0 Å². The van der Waals surface area contributed by atoms with Crippen LogP contribution in [0.5, 0.6) is 5.75 Å². The summed E-state index contributed by atoms with van der Waals surface area (Å²) in [6.07, 6.45) is 3.65. The van der Waals surface area contributed by atoms with Crippen LogP contribution in [0.25, 0.3) is 10.9 Å². The highest BCUT2D eigenvalue weighted by molar-refractivity contribution is 9.09. The van der Waals surface area contributed by atoms with Gasteiger partial charge in [-0.1, -0.05) is 0 Å². The maximum Gasteiger partial charge on any atom is 0.328 e. The van der Waals surface area contributed by atoms with Crippen molar-refractivity contribution in [1.29, 1.82) is 0 Å². The number of anilines is 2. The van der Waals surface area contributed by atoms with Gasteiger partial charge in [0.1, 0.15) is 11.3 Å². The number of rotatable bonds is 5. The van der Waals surface area contributed by atoms with Crippen molar-refractivity contribution in [3.8, 4) is 5.75 Å². The monoisotopic (exact) mass is 471 g/mol. The van der Waals surface area contributed by atoms with Crippen LogP contribution in [0, 0.1) is 0 Å². The van der Waals surface area contributed by atoms with Crippen molar-refractivity contribution in [2.45, 2.75) is 19.9 Å². The number of alkyl halides is 1. The molecule has 1 N–H and O–H groups in total. The van der Waals surface area contributed by atoms with Crippen LogP contribution >= 0.6 is 15.9 Å². The lowest BCUT2D eigenvalue weighted by atomic mass is 10.2. The minimum Gasteiger partial charge on any atom is -0.482 e. The van der Waals surface area contributed by atoms with Gasteiger partial charge in [-0.05, 0) is 66.2 Å². The third kappa shape index (κ3) is 4.23. The minimum atomic E-state index is 0.000333. The fourth-order valence-electron chi connectivity index (χ4n) is 3.77. The van der Waals surface area contributed by atoms with Crippen molar-refractivity contribution >= 4 is 44.4 Å². The molecule has 0 radical (unpaired) electrons. The Morgan fingerprint density at radius 2 is 2.00 bits per heavy atom. The standard InChI is InChI=1S/C22H26BrN5O2/c1-16(2)25-19-4-3-8-24-21(19)26-10-12-27(13-11-26)22(29)28-9-7-17-14-18(30-15-23)5-6-20(17)28/h3-9,14,16,25H,10-13,15H2,1-2H3. The summed E-state index contributed by atoms with van der Waals surface area (Å²) in [7, 11) is 0. The van der Waals surface area contributed by atoms with E-state index >= 15 is 0 Å². The summed E-state index contributed by atoms with van der Waals surface area (Å²) in [6, 6.07) is 12.0. The largest absolute Gasteiger partial charge is 0.482 e. The van der Waals surface area contributed by atoms with Gasteiger partial charge in [0.05, 0.1) is 11.2 Å². The molecule has 0 aliphatic carbocycles. The summed E-state index contributed by atoms with van der Waals surface area (Å²) >= 11 is 3.27. The number of piperazine rings is 1. The van der Waals surface area contributed by atoms with E-state index in [1.807, 2.05) is 47.6 Å². The first kappa shape index (κ1) is 20.5. The van der Waals surface area contributed by atoms with E-state index in [1.165, 1.54) is 0 Å². The molecule has 1 aliphatic rings. The number of carbonyl (C=O) groups excluding carboxylic acids is 1. The van der Waals surface area contributed by atoms with Crippen LogP contribution in [0.1, 0.15) is 13.8 Å². The maximum absolute atomic E-state index is 13.1. The van der Waals surface area contributed by atoms with E-state index in [9.17, 15) is 4.79 Å². The van der Waals surface area contributed by atoms with Gasteiger partial charge in [0.2, 0.25) is 0 Å². The third-order valence-corrected chi connectivity index (χ3v) is 5.40. The number of nitrogens with zero attached hydrogens (tertiary/aromatic N) is 4.